The maximum absolute atomic E-state index is 6.36. The molecule has 0 unspecified atom stereocenters. The summed E-state index contributed by atoms with van der Waals surface area (Å²) in [5.41, 5.74) is 5.70. The summed E-state index contributed by atoms with van der Waals surface area (Å²) >= 11 is 12.4. The molecule has 2 aromatic heterocycles. The van der Waals surface area contributed by atoms with Gasteiger partial charge in [0, 0.05) is 49.0 Å². The predicted octanol–water partition coefficient (Wildman–Crippen LogP) is 5.42. The van der Waals surface area contributed by atoms with Gasteiger partial charge in [-0.05, 0) is 54.4 Å². The minimum Gasteiger partial charge on any atom is -0.352 e. The molecule has 29 heavy (non-hydrogen) atoms. The Hall–Kier alpha value is -2.27. The van der Waals surface area contributed by atoms with Crippen LogP contribution in [0, 0.1) is 6.92 Å². The number of benzene rings is 2. The predicted molar refractivity (Wildman–Crippen MR) is 121 cm³/mol. The standard InChI is InChI=1S/C23H22Cl2N4/c1-16-4-7-21-20(13-16)26-23(22-3-2-8-29(21)22)28-11-9-27(10-12-28)15-17-5-6-18(24)14-19(17)25/h2-8,13-14H,9-12,15H2,1H3. The monoisotopic (exact) mass is 424 g/mol. The first-order valence-electron chi connectivity index (χ1n) is 9.87. The first-order chi connectivity index (χ1) is 14.1. The summed E-state index contributed by atoms with van der Waals surface area (Å²) in [6.07, 6.45) is 2.12. The maximum Gasteiger partial charge on any atom is 0.153 e. The molecule has 1 aliphatic rings. The van der Waals surface area contributed by atoms with Crippen molar-refractivity contribution in [3.05, 3.63) is 75.9 Å². The molecule has 0 aliphatic carbocycles. The third-order valence-corrected chi connectivity index (χ3v) is 6.26. The molecule has 1 fully saturated rings. The summed E-state index contributed by atoms with van der Waals surface area (Å²) in [5, 5.41) is 1.42. The van der Waals surface area contributed by atoms with Crippen LogP contribution in [0.25, 0.3) is 16.6 Å². The summed E-state index contributed by atoms with van der Waals surface area (Å²) in [6.45, 7) is 6.78. The van der Waals surface area contributed by atoms with E-state index in [0.717, 1.165) is 65.7 Å². The molecule has 0 N–H and O–H groups in total. The van der Waals surface area contributed by atoms with E-state index in [1.54, 1.807) is 0 Å². The van der Waals surface area contributed by atoms with Gasteiger partial charge in [-0.3, -0.25) is 4.90 Å². The van der Waals surface area contributed by atoms with Crippen molar-refractivity contribution in [3.8, 4) is 0 Å². The minimum absolute atomic E-state index is 0.678. The molecular formula is C23H22Cl2N4. The summed E-state index contributed by atoms with van der Waals surface area (Å²) in [7, 11) is 0. The molecule has 4 nitrogen and oxygen atoms in total. The Morgan fingerprint density at radius 1 is 0.931 bits per heavy atom. The number of aromatic nitrogens is 2. The molecule has 148 valence electrons. The molecule has 1 aliphatic heterocycles. The zero-order valence-electron chi connectivity index (χ0n) is 16.3. The van der Waals surface area contributed by atoms with Crippen molar-refractivity contribution in [3.63, 3.8) is 0 Å². The Bertz CT molecular complexity index is 1190. The normalized spacial score (nSPS) is 15.5. The largest absolute Gasteiger partial charge is 0.352 e. The molecular weight excluding hydrogens is 403 g/mol. The molecule has 0 atom stereocenters. The topological polar surface area (TPSA) is 23.8 Å². The number of aryl methyl sites for hydroxylation is 1. The second kappa shape index (κ2) is 7.52. The summed E-state index contributed by atoms with van der Waals surface area (Å²) in [6, 6.07) is 16.5. The Morgan fingerprint density at radius 2 is 1.76 bits per heavy atom. The highest BCUT2D eigenvalue weighted by Gasteiger charge is 2.21. The number of nitrogens with zero attached hydrogens (tertiary/aromatic N) is 4. The average molecular weight is 425 g/mol. The van der Waals surface area contributed by atoms with Crippen molar-refractivity contribution < 1.29 is 0 Å². The van der Waals surface area contributed by atoms with Gasteiger partial charge >= 0.3 is 0 Å². The van der Waals surface area contributed by atoms with Gasteiger partial charge in [0.15, 0.2) is 5.82 Å². The molecule has 1 saturated heterocycles. The molecule has 0 bridgehead atoms. The van der Waals surface area contributed by atoms with E-state index in [0.29, 0.717) is 5.02 Å². The Kier molecular flexibility index (Phi) is 4.86. The van der Waals surface area contributed by atoms with Crippen LogP contribution >= 0.6 is 23.2 Å². The van der Waals surface area contributed by atoms with Gasteiger partial charge in [-0.2, -0.15) is 0 Å². The van der Waals surface area contributed by atoms with Crippen LogP contribution in [0.15, 0.2) is 54.7 Å². The summed E-state index contributed by atoms with van der Waals surface area (Å²) in [5.74, 6) is 1.07. The van der Waals surface area contributed by atoms with Gasteiger partial charge in [0.1, 0.15) is 0 Å². The van der Waals surface area contributed by atoms with Crippen LogP contribution in [0.4, 0.5) is 5.82 Å². The van der Waals surface area contributed by atoms with E-state index in [-0.39, 0.29) is 0 Å². The zero-order valence-corrected chi connectivity index (χ0v) is 17.8. The van der Waals surface area contributed by atoms with Crippen molar-refractivity contribution >= 4 is 45.6 Å². The highest BCUT2D eigenvalue weighted by Crippen LogP contribution is 2.28. The quantitative estimate of drug-likeness (QED) is 0.438. The van der Waals surface area contributed by atoms with Gasteiger partial charge in [-0.1, -0.05) is 35.3 Å². The number of fused-ring (bicyclic) bond motifs is 3. The van der Waals surface area contributed by atoms with Gasteiger partial charge in [0.05, 0.1) is 16.6 Å². The van der Waals surface area contributed by atoms with Crippen molar-refractivity contribution in [1.29, 1.82) is 0 Å². The highest BCUT2D eigenvalue weighted by molar-refractivity contribution is 6.35. The fraction of sp³-hybridized carbons (Fsp3) is 0.261. The SMILES string of the molecule is Cc1ccc2c(c1)nc(N1CCN(Cc3ccc(Cl)cc3Cl)CC1)c1cccn12. The van der Waals surface area contributed by atoms with Crippen LogP contribution in [0.5, 0.6) is 0 Å². The third-order valence-electron chi connectivity index (χ3n) is 5.68. The maximum atomic E-state index is 6.36. The van der Waals surface area contributed by atoms with E-state index < -0.39 is 0 Å². The van der Waals surface area contributed by atoms with Crippen LogP contribution in [-0.2, 0) is 6.54 Å². The van der Waals surface area contributed by atoms with Crippen LogP contribution in [-0.4, -0.2) is 40.5 Å². The smallest absolute Gasteiger partial charge is 0.153 e. The molecule has 0 radical (unpaired) electrons. The van der Waals surface area contributed by atoms with Crippen LogP contribution in [0.3, 0.4) is 0 Å². The lowest BCUT2D eigenvalue weighted by molar-refractivity contribution is 0.249. The van der Waals surface area contributed by atoms with Gasteiger partial charge in [0.25, 0.3) is 0 Å². The minimum atomic E-state index is 0.678. The van der Waals surface area contributed by atoms with Crippen LogP contribution in [0.1, 0.15) is 11.1 Å². The van der Waals surface area contributed by atoms with Crippen molar-refractivity contribution in [1.82, 2.24) is 14.3 Å². The van der Waals surface area contributed by atoms with Crippen molar-refractivity contribution in [2.75, 3.05) is 31.1 Å². The highest BCUT2D eigenvalue weighted by atomic mass is 35.5. The van der Waals surface area contributed by atoms with E-state index in [4.69, 9.17) is 28.2 Å². The van der Waals surface area contributed by atoms with E-state index in [2.05, 4.69) is 57.7 Å². The Morgan fingerprint density at radius 3 is 2.55 bits per heavy atom. The lowest BCUT2D eigenvalue weighted by atomic mass is 10.2. The third kappa shape index (κ3) is 3.57. The molecule has 2 aromatic carbocycles. The van der Waals surface area contributed by atoms with Crippen LogP contribution in [0.2, 0.25) is 10.0 Å². The lowest BCUT2D eigenvalue weighted by Gasteiger charge is -2.36. The van der Waals surface area contributed by atoms with E-state index in [1.807, 2.05) is 18.2 Å². The van der Waals surface area contributed by atoms with Gasteiger partial charge in [-0.25, -0.2) is 4.98 Å². The number of hydrogen-bond acceptors (Lipinski definition) is 3. The molecule has 0 amide bonds. The van der Waals surface area contributed by atoms with E-state index in [9.17, 15) is 0 Å². The average Bonchev–Trinajstić information content (AvgIpc) is 3.20. The number of piperazine rings is 1. The first-order valence-corrected chi connectivity index (χ1v) is 10.6. The number of rotatable bonds is 3. The second-order valence-corrected chi connectivity index (χ2v) is 8.53. The van der Waals surface area contributed by atoms with Gasteiger partial charge in [-0.15, -0.1) is 0 Å². The molecule has 5 rings (SSSR count). The summed E-state index contributed by atoms with van der Waals surface area (Å²) < 4.78 is 2.25. The molecule has 6 heteroatoms. The lowest BCUT2D eigenvalue weighted by Crippen LogP contribution is -2.46. The molecule has 3 heterocycles. The Labute approximate surface area is 180 Å². The second-order valence-electron chi connectivity index (χ2n) is 7.69. The fourth-order valence-electron chi connectivity index (χ4n) is 4.11. The van der Waals surface area contributed by atoms with Gasteiger partial charge < -0.3 is 9.30 Å². The summed E-state index contributed by atoms with van der Waals surface area (Å²) in [4.78, 5) is 9.88. The fourth-order valence-corrected chi connectivity index (χ4v) is 4.58. The molecule has 0 saturated carbocycles. The van der Waals surface area contributed by atoms with E-state index >= 15 is 0 Å². The Balaban J connectivity index is 1.39. The first kappa shape index (κ1) is 18.7. The molecule has 4 aromatic rings. The van der Waals surface area contributed by atoms with Gasteiger partial charge in [0.2, 0.25) is 0 Å². The van der Waals surface area contributed by atoms with E-state index in [1.165, 1.54) is 5.56 Å². The van der Waals surface area contributed by atoms with Crippen LogP contribution < -0.4 is 4.90 Å². The number of halogens is 2. The molecule has 0 spiro atoms. The van der Waals surface area contributed by atoms with Crippen molar-refractivity contribution in [2.24, 2.45) is 0 Å². The number of hydrogen-bond donors (Lipinski definition) is 0. The zero-order chi connectivity index (χ0) is 20.0. The van der Waals surface area contributed by atoms with Crippen molar-refractivity contribution in [2.45, 2.75) is 13.5 Å². The number of anilines is 1.